The van der Waals surface area contributed by atoms with Gasteiger partial charge in [-0.1, -0.05) is 37.6 Å². The molecule has 2 aromatic rings. The summed E-state index contributed by atoms with van der Waals surface area (Å²) in [5, 5.41) is 13.8. The summed E-state index contributed by atoms with van der Waals surface area (Å²) < 4.78 is 5.84. The second kappa shape index (κ2) is 9.09. The fourth-order valence-electron chi connectivity index (χ4n) is 2.98. The minimum atomic E-state index is -0.901. The molecule has 0 saturated heterocycles. The van der Waals surface area contributed by atoms with Gasteiger partial charge in [0.15, 0.2) is 0 Å². The molecule has 1 aromatic heterocycles. The SMILES string of the molecule is CC(C)CCOc1ncc(C(=O)NCC(C)(O)C2CC2)nc1-c1ccc(Cl)cc1. The number of aromatic nitrogens is 2. The van der Waals surface area contributed by atoms with Crippen LogP contribution in [-0.2, 0) is 0 Å². The van der Waals surface area contributed by atoms with Crippen LogP contribution in [0.1, 0.15) is 50.5 Å². The van der Waals surface area contributed by atoms with E-state index in [0.717, 1.165) is 24.8 Å². The predicted molar refractivity (Wildman–Crippen MR) is 113 cm³/mol. The van der Waals surface area contributed by atoms with Crippen LogP contribution in [0.3, 0.4) is 0 Å². The molecule has 0 bridgehead atoms. The largest absolute Gasteiger partial charge is 0.476 e. The quantitative estimate of drug-likeness (QED) is 0.641. The third-order valence-corrected chi connectivity index (χ3v) is 5.34. The molecule has 0 radical (unpaired) electrons. The minimum absolute atomic E-state index is 0.178. The smallest absolute Gasteiger partial charge is 0.271 e. The maximum atomic E-state index is 12.6. The molecule has 2 N–H and O–H groups in total. The van der Waals surface area contributed by atoms with E-state index >= 15 is 0 Å². The summed E-state index contributed by atoms with van der Waals surface area (Å²) in [4.78, 5) is 21.5. The van der Waals surface area contributed by atoms with E-state index in [-0.39, 0.29) is 24.1 Å². The van der Waals surface area contributed by atoms with E-state index in [1.807, 2.05) is 12.1 Å². The Kier molecular flexibility index (Phi) is 6.75. The van der Waals surface area contributed by atoms with Crippen molar-refractivity contribution in [2.24, 2.45) is 11.8 Å². The molecule has 3 rings (SSSR count). The van der Waals surface area contributed by atoms with Gasteiger partial charge in [0, 0.05) is 17.1 Å². The second-order valence-electron chi connectivity index (χ2n) is 8.26. The van der Waals surface area contributed by atoms with Crippen LogP contribution in [-0.4, -0.2) is 39.7 Å². The molecule has 1 amide bonds. The lowest BCUT2D eigenvalue weighted by Crippen LogP contribution is -2.42. The average molecular weight is 418 g/mol. The highest BCUT2D eigenvalue weighted by molar-refractivity contribution is 6.30. The van der Waals surface area contributed by atoms with Gasteiger partial charge >= 0.3 is 0 Å². The molecule has 1 heterocycles. The van der Waals surface area contributed by atoms with Crippen LogP contribution in [0.15, 0.2) is 30.5 Å². The summed E-state index contributed by atoms with van der Waals surface area (Å²) in [6.45, 7) is 6.70. The Labute approximate surface area is 176 Å². The number of hydrogen-bond acceptors (Lipinski definition) is 5. The first kappa shape index (κ1) is 21.5. The zero-order chi connectivity index (χ0) is 21.0. The van der Waals surface area contributed by atoms with Gasteiger partial charge in [-0.2, -0.15) is 0 Å². The molecule has 1 aromatic carbocycles. The van der Waals surface area contributed by atoms with Crippen LogP contribution in [0.5, 0.6) is 5.88 Å². The monoisotopic (exact) mass is 417 g/mol. The summed E-state index contributed by atoms with van der Waals surface area (Å²) >= 11 is 6.00. The molecule has 1 aliphatic rings. The van der Waals surface area contributed by atoms with Crippen molar-refractivity contribution in [3.63, 3.8) is 0 Å². The number of halogens is 1. The summed E-state index contributed by atoms with van der Waals surface area (Å²) in [5.74, 6) is 0.762. The van der Waals surface area contributed by atoms with Gasteiger partial charge in [-0.15, -0.1) is 0 Å². The van der Waals surface area contributed by atoms with Gasteiger partial charge in [0.05, 0.1) is 18.4 Å². The fourth-order valence-corrected chi connectivity index (χ4v) is 3.11. The van der Waals surface area contributed by atoms with Gasteiger partial charge in [0.25, 0.3) is 5.91 Å². The maximum absolute atomic E-state index is 12.6. The van der Waals surface area contributed by atoms with Crippen molar-refractivity contribution in [3.8, 4) is 17.1 Å². The Balaban J connectivity index is 1.80. The van der Waals surface area contributed by atoms with Gasteiger partial charge in [0.1, 0.15) is 11.4 Å². The predicted octanol–water partition coefficient (Wildman–Crippen LogP) is 4.11. The number of amides is 1. The van der Waals surface area contributed by atoms with Crippen molar-refractivity contribution in [2.45, 2.75) is 45.6 Å². The van der Waals surface area contributed by atoms with Gasteiger partial charge < -0.3 is 15.2 Å². The van der Waals surface area contributed by atoms with E-state index in [9.17, 15) is 9.90 Å². The molecular formula is C22H28ClN3O3. The first-order valence-corrected chi connectivity index (χ1v) is 10.4. The molecule has 6 nitrogen and oxygen atoms in total. The molecule has 156 valence electrons. The average Bonchev–Trinajstić information content (AvgIpc) is 3.53. The molecular weight excluding hydrogens is 390 g/mol. The second-order valence-corrected chi connectivity index (χ2v) is 8.70. The Hall–Kier alpha value is -2.18. The minimum Gasteiger partial charge on any atom is -0.476 e. The number of hydrogen-bond donors (Lipinski definition) is 2. The number of rotatable bonds is 9. The van der Waals surface area contributed by atoms with Crippen LogP contribution in [0.2, 0.25) is 5.02 Å². The summed E-state index contributed by atoms with van der Waals surface area (Å²) in [5.41, 5.74) is 0.535. The molecule has 0 spiro atoms. The number of nitrogens with zero attached hydrogens (tertiary/aromatic N) is 2. The topological polar surface area (TPSA) is 84.3 Å². The van der Waals surface area contributed by atoms with E-state index < -0.39 is 5.60 Å². The van der Waals surface area contributed by atoms with Gasteiger partial charge in [0.2, 0.25) is 5.88 Å². The van der Waals surface area contributed by atoms with Gasteiger partial charge in [-0.05, 0) is 50.2 Å². The summed E-state index contributed by atoms with van der Waals surface area (Å²) in [6, 6.07) is 7.16. The fraction of sp³-hybridized carbons (Fsp3) is 0.500. The van der Waals surface area contributed by atoms with Crippen molar-refractivity contribution >= 4 is 17.5 Å². The van der Waals surface area contributed by atoms with Crippen molar-refractivity contribution in [3.05, 3.63) is 41.2 Å². The lowest BCUT2D eigenvalue weighted by Gasteiger charge is -2.23. The molecule has 1 atom stereocenters. The van der Waals surface area contributed by atoms with Crippen molar-refractivity contribution in [1.29, 1.82) is 0 Å². The third kappa shape index (κ3) is 5.90. The number of carbonyl (C=O) groups is 1. The summed E-state index contributed by atoms with van der Waals surface area (Å²) in [6.07, 6.45) is 4.28. The lowest BCUT2D eigenvalue weighted by molar-refractivity contribution is 0.0353. The highest BCUT2D eigenvalue weighted by atomic mass is 35.5. The molecule has 29 heavy (non-hydrogen) atoms. The van der Waals surface area contributed by atoms with Crippen LogP contribution < -0.4 is 10.1 Å². The maximum Gasteiger partial charge on any atom is 0.271 e. The zero-order valence-electron chi connectivity index (χ0n) is 17.1. The van der Waals surface area contributed by atoms with Crippen molar-refractivity contribution in [2.75, 3.05) is 13.2 Å². The van der Waals surface area contributed by atoms with E-state index in [2.05, 4.69) is 29.1 Å². The van der Waals surface area contributed by atoms with Gasteiger partial charge in [-0.25, -0.2) is 9.97 Å². The Morgan fingerprint density at radius 1 is 1.34 bits per heavy atom. The number of carbonyl (C=O) groups excluding carboxylic acids is 1. The van der Waals surface area contributed by atoms with Crippen molar-refractivity contribution < 1.29 is 14.6 Å². The standard InChI is InChI=1S/C22H28ClN3O3/c1-14(2)10-11-29-21-19(15-4-8-17(23)9-5-15)26-18(12-24-21)20(27)25-13-22(3,28)16-6-7-16/h4-5,8-9,12,14,16,28H,6-7,10-11,13H2,1-3H3,(H,25,27). The van der Waals surface area contributed by atoms with Crippen LogP contribution in [0, 0.1) is 11.8 Å². The van der Waals surface area contributed by atoms with Crippen LogP contribution in [0.25, 0.3) is 11.3 Å². The number of ether oxygens (including phenoxy) is 1. The lowest BCUT2D eigenvalue weighted by atomic mass is 10.0. The van der Waals surface area contributed by atoms with Gasteiger partial charge in [-0.3, -0.25) is 4.79 Å². The molecule has 7 heteroatoms. The first-order chi connectivity index (χ1) is 13.8. The third-order valence-electron chi connectivity index (χ3n) is 5.09. The van der Waals surface area contributed by atoms with E-state index in [4.69, 9.17) is 16.3 Å². The Morgan fingerprint density at radius 2 is 2.03 bits per heavy atom. The highest BCUT2D eigenvalue weighted by Crippen LogP contribution is 2.39. The van der Waals surface area contributed by atoms with E-state index in [1.54, 1.807) is 19.1 Å². The summed E-state index contributed by atoms with van der Waals surface area (Å²) in [7, 11) is 0. The van der Waals surface area contributed by atoms with E-state index in [0.29, 0.717) is 29.1 Å². The number of benzene rings is 1. The van der Waals surface area contributed by atoms with Crippen molar-refractivity contribution in [1.82, 2.24) is 15.3 Å². The van der Waals surface area contributed by atoms with Crippen LogP contribution >= 0.6 is 11.6 Å². The zero-order valence-corrected chi connectivity index (χ0v) is 17.9. The molecule has 1 fully saturated rings. The normalized spacial score (nSPS) is 15.8. The number of aliphatic hydroxyl groups is 1. The first-order valence-electron chi connectivity index (χ1n) is 10.0. The Morgan fingerprint density at radius 3 is 2.66 bits per heavy atom. The molecule has 1 saturated carbocycles. The van der Waals surface area contributed by atoms with Crippen LogP contribution in [0.4, 0.5) is 0 Å². The van der Waals surface area contributed by atoms with E-state index in [1.165, 1.54) is 6.20 Å². The Bertz CT molecular complexity index is 849. The molecule has 1 aliphatic carbocycles. The molecule has 0 aliphatic heterocycles. The number of nitrogens with one attached hydrogen (secondary N) is 1. The molecule has 1 unspecified atom stereocenters. The highest BCUT2D eigenvalue weighted by Gasteiger charge is 2.40.